The van der Waals surface area contributed by atoms with Gasteiger partial charge in [-0.05, 0) is 30.3 Å². The van der Waals surface area contributed by atoms with Crippen molar-refractivity contribution in [1.82, 2.24) is 0 Å². The Morgan fingerprint density at radius 1 is 1.17 bits per heavy atom. The fourth-order valence-corrected chi connectivity index (χ4v) is 2.98. The molecule has 0 spiro atoms. The quantitative estimate of drug-likeness (QED) is 0.604. The number of non-ortho nitro benzene ring substituents is 1. The van der Waals surface area contributed by atoms with Gasteiger partial charge in [-0.25, -0.2) is 4.39 Å². The molecule has 1 fully saturated rings. The van der Waals surface area contributed by atoms with E-state index in [1.807, 2.05) is 0 Å². The monoisotopic (exact) mass is 350 g/mol. The van der Waals surface area contributed by atoms with Crippen LogP contribution in [-0.4, -0.2) is 24.1 Å². The molecule has 0 radical (unpaired) electrons. The summed E-state index contributed by atoms with van der Waals surface area (Å²) < 4.78 is 18.9. The number of anilines is 1. The lowest BCUT2D eigenvalue weighted by Gasteiger charge is -2.33. The van der Waals surface area contributed by atoms with Crippen LogP contribution in [0.4, 0.5) is 15.8 Å². The zero-order valence-electron chi connectivity index (χ0n) is 12.8. The third-order valence-corrected chi connectivity index (χ3v) is 4.35. The third-order valence-electron chi connectivity index (χ3n) is 4.05. The predicted octanol–water partition coefficient (Wildman–Crippen LogP) is 4.44. The molecule has 0 atom stereocenters. The molecule has 0 N–H and O–H groups in total. The number of hydrogen-bond acceptors (Lipinski definition) is 4. The first-order valence-corrected chi connectivity index (χ1v) is 8.02. The summed E-state index contributed by atoms with van der Waals surface area (Å²) in [6.07, 6.45) is 1.59. The standard InChI is InChI=1S/C17H16ClFN2O3/c18-16-11-14(21(22)23)5-6-17(16)24-15-7-9-20(10-8-15)13-3-1-12(19)2-4-13/h1-6,11,15H,7-10H2. The Morgan fingerprint density at radius 3 is 2.42 bits per heavy atom. The van der Waals surface area contributed by atoms with Gasteiger partial charge in [0, 0.05) is 43.8 Å². The van der Waals surface area contributed by atoms with Crippen molar-refractivity contribution in [1.29, 1.82) is 0 Å². The minimum atomic E-state index is -0.489. The summed E-state index contributed by atoms with van der Waals surface area (Å²) >= 11 is 6.06. The van der Waals surface area contributed by atoms with Crippen LogP contribution in [0.3, 0.4) is 0 Å². The fourth-order valence-electron chi connectivity index (χ4n) is 2.76. The van der Waals surface area contributed by atoms with Crippen molar-refractivity contribution in [2.75, 3.05) is 18.0 Å². The van der Waals surface area contributed by atoms with Gasteiger partial charge in [-0.2, -0.15) is 0 Å². The van der Waals surface area contributed by atoms with Crippen molar-refractivity contribution in [3.8, 4) is 5.75 Å². The molecule has 126 valence electrons. The molecule has 0 amide bonds. The van der Waals surface area contributed by atoms with E-state index < -0.39 is 4.92 Å². The van der Waals surface area contributed by atoms with Gasteiger partial charge in [0.15, 0.2) is 0 Å². The molecule has 1 saturated heterocycles. The summed E-state index contributed by atoms with van der Waals surface area (Å²) in [6.45, 7) is 1.59. The van der Waals surface area contributed by atoms with Gasteiger partial charge in [0.2, 0.25) is 0 Å². The van der Waals surface area contributed by atoms with Crippen molar-refractivity contribution < 1.29 is 14.1 Å². The number of nitrogens with zero attached hydrogens (tertiary/aromatic N) is 2. The smallest absolute Gasteiger partial charge is 0.271 e. The van der Waals surface area contributed by atoms with Crippen molar-refractivity contribution in [3.05, 3.63) is 63.4 Å². The number of nitro benzene ring substituents is 1. The van der Waals surface area contributed by atoms with E-state index in [9.17, 15) is 14.5 Å². The highest BCUT2D eigenvalue weighted by Crippen LogP contribution is 2.31. The lowest BCUT2D eigenvalue weighted by atomic mass is 10.1. The van der Waals surface area contributed by atoms with E-state index in [1.54, 1.807) is 12.1 Å². The van der Waals surface area contributed by atoms with Crippen LogP contribution >= 0.6 is 11.6 Å². The molecule has 2 aromatic rings. The highest BCUT2D eigenvalue weighted by molar-refractivity contribution is 6.32. The molecule has 24 heavy (non-hydrogen) atoms. The highest BCUT2D eigenvalue weighted by Gasteiger charge is 2.22. The molecule has 0 unspecified atom stereocenters. The molecule has 0 saturated carbocycles. The molecule has 1 aliphatic rings. The Bertz CT molecular complexity index is 731. The molecule has 0 aliphatic carbocycles. The molecule has 0 bridgehead atoms. The van der Waals surface area contributed by atoms with E-state index in [-0.39, 0.29) is 22.6 Å². The first-order valence-electron chi connectivity index (χ1n) is 7.64. The maximum atomic E-state index is 13.0. The topological polar surface area (TPSA) is 55.6 Å². The molecular formula is C17H16ClFN2O3. The van der Waals surface area contributed by atoms with Gasteiger partial charge in [0.1, 0.15) is 17.7 Å². The summed E-state index contributed by atoms with van der Waals surface area (Å²) in [4.78, 5) is 12.4. The normalized spacial score (nSPS) is 15.3. The number of halogens is 2. The molecule has 5 nitrogen and oxygen atoms in total. The average molecular weight is 351 g/mol. The van der Waals surface area contributed by atoms with Crippen molar-refractivity contribution in [2.24, 2.45) is 0 Å². The van der Waals surface area contributed by atoms with Crippen molar-refractivity contribution >= 4 is 23.0 Å². The van der Waals surface area contributed by atoms with Crippen LogP contribution in [0.15, 0.2) is 42.5 Å². The number of piperidine rings is 1. The lowest BCUT2D eigenvalue weighted by molar-refractivity contribution is -0.384. The van der Waals surface area contributed by atoms with Gasteiger partial charge in [-0.15, -0.1) is 0 Å². The number of ether oxygens (including phenoxy) is 1. The minimum absolute atomic E-state index is 0.000606. The van der Waals surface area contributed by atoms with Crippen LogP contribution in [0.25, 0.3) is 0 Å². The number of hydrogen-bond donors (Lipinski definition) is 0. The maximum Gasteiger partial charge on any atom is 0.271 e. The largest absolute Gasteiger partial charge is 0.489 e. The van der Waals surface area contributed by atoms with Gasteiger partial charge in [0.05, 0.1) is 9.95 Å². The Kier molecular flexibility index (Phi) is 4.85. The van der Waals surface area contributed by atoms with Gasteiger partial charge in [-0.3, -0.25) is 10.1 Å². The molecule has 7 heteroatoms. The lowest BCUT2D eigenvalue weighted by Crippen LogP contribution is -2.38. The van der Waals surface area contributed by atoms with E-state index in [0.717, 1.165) is 31.6 Å². The van der Waals surface area contributed by atoms with Gasteiger partial charge >= 0.3 is 0 Å². The molecular weight excluding hydrogens is 335 g/mol. The molecule has 3 rings (SSSR count). The van der Waals surface area contributed by atoms with Crippen LogP contribution in [0, 0.1) is 15.9 Å². The summed E-state index contributed by atoms with van der Waals surface area (Å²) in [5, 5.41) is 11.0. The van der Waals surface area contributed by atoms with Gasteiger partial charge in [-0.1, -0.05) is 11.6 Å². The second-order valence-electron chi connectivity index (χ2n) is 5.65. The SMILES string of the molecule is O=[N+]([O-])c1ccc(OC2CCN(c3ccc(F)cc3)CC2)c(Cl)c1. The fraction of sp³-hybridized carbons (Fsp3) is 0.294. The Morgan fingerprint density at radius 2 is 1.83 bits per heavy atom. The Hall–Kier alpha value is -2.34. The van der Waals surface area contributed by atoms with Crippen molar-refractivity contribution in [3.63, 3.8) is 0 Å². The number of nitro groups is 1. The van der Waals surface area contributed by atoms with Crippen LogP contribution in [0.1, 0.15) is 12.8 Å². The predicted molar refractivity (Wildman–Crippen MR) is 90.4 cm³/mol. The van der Waals surface area contributed by atoms with Crippen LogP contribution in [-0.2, 0) is 0 Å². The van der Waals surface area contributed by atoms with Crippen LogP contribution in [0.2, 0.25) is 5.02 Å². The zero-order chi connectivity index (χ0) is 17.1. The first-order chi connectivity index (χ1) is 11.5. The van der Waals surface area contributed by atoms with E-state index in [4.69, 9.17) is 16.3 Å². The minimum Gasteiger partial charge on any atom is -0.489 e. The number of benzene rings is 2. The van der Waals surface area contributed by atoms with E-state index >= 15 is 0 Å². The maximum absolute atomic E-state index is 13.0. The first kappa shape index (κ1) is 16.5. The molecule has 0 aromatic heterocycles. The summed E-state index contributed by atoms with van der Waals surface area (Å²) in [7, 11) is 0. The van der Waals surface area contributed by atoms with Crippen LogP contribution < -0.4 is 9.64 Å². The third kappa shape index (κ3) is 3.76. The molecule has 2 aromatic carbocycles. The number of rotatable bonds is 4. The van der Waals surface area contributed by atoms with Crippen molar-refractivity contribution in [2.45, 2.75) is 18.9 Å². The molecule has 1 aliphatic heterocycles. The van der Waals surface area contributed by atoms with E-state index in [1.165, 1.54) is 30.3 Å². The summed E-state index contributed by atoms with van der Waals surface area (Å²) in [5.41, 5.74) is 0.932. The van der Waals surface area contributed by atoms with Gasteiger partial charge in [0.25, 0.3) is 5.69 Å². The summed E-state index contributed by atoms with van der Waals surface area (Å²) in [5.74, 6) is 0.215. The Labute approximate surface area is 143 Å². The van der Waals surface area contributed by atoms with E-state index in [0.29, 0.717) is 5.75 Å². The Balaban J connectivity index is 1.59. The molecule has 1 heterocycles. The second-order valence-corrected chi connectivity index (χ2v) is 6.06. The average Bonchev–Trinajstić information content (AvgIpc) is 2.58. The second kappa shape index (κ2) is 7.05. The van der Waals surface area contributed by atoms with Crippen LogP contribution in [0.5, 0.6) is 5.75 Å². The van der Waals surface area contributed by atoms with Gasteiger partial charge < -0.3 is 9.64 Å². The van der Waals surface area contributed by atoms with E-state index in [2.05, 4.69) is 4.90 Å². The zero-order valence-corrected chi connectivity index (χ0v) is 13.6. The highest BCUT2D eigenvalue weighted by atomic mass is 35.5. The summed E-state index contributed by atoms with van der Waals surface area (Å²) in [6, 6.07) is 10.7.